The molecule has 0 aromatic carbocycles. The third-order valence-corrected chi connectivity index (χ3v) is 4.52. The molecule has 27 heavy (non-hydrogen) atoms. The van der Waals surface area contributed by atoms with Crippen molar-refractivity contribution in [2.45, 2.75) is 59.9 Å². The van der Waals surface area contributed by atoms with Crippen LogP contribution in [0.4, 0.5) is 5.82 Å². The topological polar surface area (TPSA) is 60.6 Å². The summed E-state index contributed by atoms with van der Waals surface area (Å²) in [4.78, 5) is 8.42. The number of aromatic nitrogens is 4. The van der Waals surface area contributed by atoms with E-state index in [1.807, 2.05) is 17.9 Å². The summed E-state index contributed by atoms with van der Waals surface area (Å²) in [5.74, 6) is 0.525. The summed E-state index contributed by atoms with van der Waals surface area (Å²) in [6, 6.07) is 0. The van der Waals surface area contributed by atoms with E-state index in [-0.39, 0.29) is 12.4 Å². The van der Waals surface area contributed by atoms with E-state index >= 15 is 0 Å². The highest BCUT2D eigenvalue weighted by molar-refractivity contribution is 5.79. The second kappa shape index (κ2) is 10.9. The first-order valence-corrected chi connectivity index (χ1v) is 9.28. The Morgan fingerprint density at radius 1 is 1.04 bits per heavy atom. The number of aryl methyl sites for hydroxylation is 1. The van der Waals surface area contributed by atoms with Crippen molar-refractivity contribution < 1.29 is 17.0 Å². The van der Waals surface area contributed by atoms with Crippen LogP contribution >= 0.6 is 0 Å². The Kier molecular flexibility index (Phi) is 9.22. The van der Waals surface area contributed by atoms with Gasteiger partial charge in [-0.1, -0.05) is 39.9 Å². The van der Waals surface area contributed by atoms with Crippen LogP contribution in [0.25, 0.3) is 11.2 Å². The van der Waals surface area contributed by atoms with Crippen LogP contribution in [0.3, 0.4) is 0 Å². The molecule has 0 unspecified atom stereocenters. The lowest BCUT2D eigenvalue weighted by Crippen LogP contribution is -3.00. The van der Waals surface area contributed by atoms with Gasteiger partial charge in [0.25, 0.3) is 0 Å². The molecule has 0 spiro atoms. The van der Waals surface area contributed by atoms with Gasteiger partial charge in [-0.2, -0.15) is 4.98 Å². The van der Waals surface area contributed by atoms with E-state index in [1.165, 1.54) is 23.0 Å². The van der Waals surface area contributed by atoms with Gasteiger partial charge in [-0.05, 0) is 53.4 Å². The number of halogens is 1. The predicted molar refractivity (Wildman–Crippen MR) is 109 cm³/mol. The fourth-order valence-corrected chi connectivity index (χ4v) is 2.97. The maximum atomic E-state index is 6.03. The summed E-state index contributed by atoms with van der Waals surface area (Å²) in [6.07, 6.45) is 14.9. The number of allylic oxidation sites excluding steroid dienone is 6. The summed E-state index contributed by atoms with van der Waals surface area (Å²) in [5.41, 5.74) is 12.0. The molecule has 0 aliphatic carbocycles. The average molecular weight is 390 g/mol. The molecule has 0 atom stereocenters. The van der Waals surface area contributed by atoms with Crippen LogP contribution in [0.15, 0.2) is 47.6 Å². The fourth-order valence-electron chi connectivity index (χ4n) is 2.97. The monoisotopic (exact) mass is 389 g/mol. The van der Waals surface area contributed by atoms with Crippen LogP contribution in [-0.4, -0.2) is 14.5 Å². The minimum absolute atomic E-state index is 0. The Labute approximate surface area is 169 Å². The van der Waals surface area contributed by atoms with E-state index in [4.69, 9.17) is 5.73 Å². The van der Waals surface area contributed by atoms with Gasteiger partial charge in [-0.25, -0.2) is 4.57 Å². The Morgan fingerprint density at radius 3 is 2.33 bits per heavy atom. The van der Waals surface area contributed by atoms with Crippen LogP contribution in [-0.2, 0) is 13.6 Å². The first kappa shape index (κ1) is 22.9. The maximum Gasteiger partial charge on any atom is 0.307 e. The van der Waals surface area contributed by atoms with Crippen molar-refractivity contribution in [3.63, 3.8) is 0 Å². The summed E-state index contributed by atoms with van der Waals surface area (Å²) < 4.78 is 4.09. The molecule has 0 aliphatic heterocycles. The molecule has 0 amide bonds. The molecule has 2 N–H and O–H groups in total. The number of rotatable bonds is 8. The molecule has 148 valence electrons. The third kappa shape index (κ3) is 6.83. The van der Waals surface area contributed by atoms with Crippen molar-refractivity contribution >= 4 is 17.0 Å². The fraction of sp³-hybridized carbons (Fsp3) is 0.476. The molecule has 0 radical (unpaired) electrons. The molecule has 0 bridgehead atoms. The molecule has 5 nitrogen and oxygen atoms in total. The molecule has 6 heteroatoms. The van der Waals surface area contributed by atoms with E-state index in [0.29, 0.717) is 5.82 Å². The molecule has 2 aromatic rings. The average Bonchev–Trinajstić information content (AvgIpc) is 2.90. The lowest BCUT2D eigenvalue weighted by Gasteiger charge is -2.02. The molecule has 0 saturated carbocycles. The van der Waals surface area contributed by atoms with E-state index in [1.54, 1.807) is 0 Å². The van der Waals surface area contributed by atoms with Crippen molar-refractivity contribution in [1.29, 1.82) is 0 Å². The Morgan fingerprint density at radius 2 is 1.67 bits per heavy atom. The smallest absolute Gasteiger partial charge is 0.307 e. The van der Waals surface area contributed by atoms with Crippen LogP contribution < -0.4 is 22.7 Å². The number of imidazole rings is 1. The van der Waals surface area contributed by atoms with Gasteiger partial charge in [-0.3, -0.25) is 4.57 Å². The minimum Gasteiger partial charge on any atom is -1.00 e. The lowest BCUT2D eigenvalue weighted by atomic mass is 10.1. The molecule has 2 aromatic heterocycles. The maximum absolute atomic E-state index is 6.03. The van der Waals surface area contributed by atoms with E-state index < -0.39 is 0 Å². The van der Waals surface area contributed by atoms with Crippen LogP contribution in [0, 0.1) is 0 Å². The Bertz CT molecular complexity index is 842. The van der Waals surface area contributed by atoms with Crippen LogP contribution in [0.1, 0.15) is 53.4 Å². The quantitative estimate of drug-likeness (QED) is 0.546. The number of hydrogen-bond donors (Lipinski definition) is 1. The Hall–Kier alpha value is -2.14. The van der Waals surface area contributed by atoms with Gasteiger partial charge in [0, 0.05) is 0 Å². The molecule has 2 rings (SSSR count). The highest BCUT2D eigenvalue weighted by Crippen LogP contribution is 2.15. The number of nitrogens with zero attached hydrogens (tertiary/aromatic N) is 4. The van der Waals surface area contributed by atoms with Gasteiger partial charge in [-0.15, -0.1) is 0 Å². The number of hydrogen-bond acceptors (Lipinski definition) is 3. The normalized spacial score (nSPS) is 12.2. The van der Waals surface area contributed by atoms with Crippen LogP contribution in [0.2, 0.25) is 0 Å². The Balaban J connectivity index is 0.00000364. The molecule has 0 fully saturated rings. The van der Waals surface area contributed by atoms with Gasteiger partial charge in [0.05, 0.1) is 13.6 Å². The summed E-state index contributed by atoms with van der Waals surface area (Å²) >= 11 is 0. The zero-order valence-electron chi connectivity index (χ0n) is 17.2. The van der Waals surface area contributed by atoms with Crippen molar-refractivity contribution in [2.24, 2.45) is 7.05 Å². The number of nitrogen functional groups attached to an aromatic ring is 1. The number of anilines is 1. The second-order valence-electron chi connectivity index (χ2n) is 7.27. The largest absolute Gasteiger partial charge is 1.00 e. The predicted octanol–water partition coefficient (Wildman–Crippen LogP) is 1.26. The van der Waals surface area contributed by atoms with Gasteiger partial charge in [0.15, 0.2) is 18.5 Å². The molecule has 0 saturated heterocycles. The van der Waals surface area contributed by atoms with Crippen molar-refractivity contribution in [3.05, 3.63) is 47.6 Å². The first-order chi connectivity index (χ1) is 12.4. The molecule has 2 heterocycles. The van der Waals surface area contributed by atoms with Crippen LogP contribution in [0.5, 0.6) is 0 Å². The first-order valence-electron chi connectivity index (χ1n) is 9.28. The summed E-state index contributed by atoms with van der Waals surface area (Å²) in [5, 5.41) is 0. The third-order valence-electron chi connectivity index (χ3n) is 4.52. The van der Waals surface area contributed by atoms with Crippen molar-refractivity contribution in [1.82, 2.24) is 14.5 Å². The second-order valence-corrected chi connectivity index (χ2v) is 7.27. The SMILES string of the molecule is CC(C)=CCC/C(C)=C/CC/C(C)=C/Cn1c[n+](C)c2ncnc(N)c21.[Cl-]. The van der Waals surface area contributed by atoms with Gasteiger partial charge in [0.2, 0.25) is 5.52 Å². The van der Waals surface area contributed by atoms with Gasteiger partial charge >= 0.3 is 5.65 Å². The highest BCUT2D eigenvalue weighted by Gasteiger charge is 2.16. The minimum atomic E-state index is 0. The van der Waals surface area contributed by atoms with Gasteiger partial charge < -0.3 is 18.1 Å². The standard InChI is InChI=1S/C21H32N5.ClH/c1-16(2)8-6-9-17(3)10-7-11-18(4)12-13-26-15-25(5)21-19(26)20(22)23-14-24-21;/h8,10,12,14-15H,6-7,9,11,13H2,1-5H3,(H2,22,23,24);1H/q+1;/p-1/b17-10+,18-12+;. The molecular weight excluding hydrogens is 358 g/mol. The van der Waals surface area contributed by atoms with E-state index in [0.717, 1.165) is 43.4 Å². The van der Waals surface area contributed by atoms with Gasteiger partial charge in [0.1, 0.15) is 0 Å². The van der Waals surface area contributed by atoms with Crippen molar-refractivity contribution in [3.8, 4) is 0 Å². The zero-order valence-corrected chi connectivity index (χ0v) is 17.9. The lowest BCUT2D eigenvalue weighted by molar-refractivity contribution is -0.647. The highest BCUT2D eigenvalue weighted by atomic mass is 35.5. The van der Waals surface area contributed by atoms with E-state index in [2.05, 4.69) is 60.5 Å². The summed E-state index contributed by atoms with van der Waals surface area (Å²) in [6.45, 7) is 9.51. The summed E-state index contributed by atoms with van der Waals surface area (Å²) in [7, 11) is 1.98. The van der Waals surface area contributed by atoms with Crippen molar-refractivity contribution in [2.75, 3.05) is 5.73 Å². The molecular formula is C21H32ClN5. The number of fused-ring (bicyclic) bond motifs is 1. The number of nitrogens with two attached hydrogens (primary N) is 1. The van der Waals surface area contributed by atoms with E-state index in [9.17, 15) is 0 Å². The molecule has 0 aliphatic rings. The zero-order chi connectivity index (χ0) is 19.1.